The molecule has 1 aromatic rings. The highest BCUT2D eigenvalue weighted by atomic mass is 16.4. The number of urea groups is 1. The van der Waals surface area contributed by atoms with Gasteiger partial charge in [0.1, 0.15) is 0 Å². The second-order valence-corrected chi connectivity index (χ2v) is 5.09. The third kappa shape index (κ3) is 3.29. The van der Waals surface area contributed by atoms with E-state index in [2.05, 4.69) is 5.32 Å². The predicted octanol–water partition coefficient (Wildman–Crippen LogP) is 2.25. The molecule has 0 aliphatic carbocycles. The number of carbonyl (C=O) groups excluding carboxylic acids is 1. The highest BCUT2D eigenvalue weighted by molar-refractivity contribution is 5.77. The molecule has 2 unspecified atom stereocenters. The van der Waals surface area contributed by atoms with Crippen LogP contribution in [0.3, 0.4) is 0 Å². The Morgan fingerprint density at radius 3 is 2.65 bits per heavy atom. The summed E-state index contributed by atoms with van der Waals surface area (Å²) < 4.78 is 0. The molecule has 1 aromatic carbocycles. The van der Waals surface area contributed by atoms with Gasteiger partial charge in [0, 0.05) is 13.1 Å². The van der Waals surface area contributed by atoms with Gasteiger partial charge in [-0.05, 0) is 18.4 Å². The molecule has 2 amide bonds. The number of nitrogens with zero attached hydrogens (tertiary/aromatic N) is 1. The first-order valence-electron chi connectivity index (χ1n) is 6.95. The van der Waals surface area contributed by atoms with Gasteiger partial charge in [-0.25, -0.2) is 4.79 Å². The van der Waals surface area contributed by atoms with Gasteiger partial charge in [0.25, 0.3) is 0 Å². The van der Waals surface area contributed by atoms with Crippen LogP contribution in [0.4, 0.5) is 4.79 Å². The molecular weight excluding hydrogens is 256 g/mol. The Morgan fingerprint density at radius 2 is 2.10 bits per heavy atom. The monoisotopic (exact) mass is 276 g/mol. The summed E-state index contributed by atoms with van der Waals surface area (Å²) >= 11 is 0. The molecule has 2 atom stereocenters. The third-order valence-electron chi connectivity index (χ3n) is 3.73. The molecule has 0 aromatic heterocycles. The van der Waals surface area contributed by atoms with Gasteiger partial charge >= 0.3 is 12.0 Å². The Morgan fingerprint density at radius 1 is 1.40 bits per heavy atom. The number of nitrogens with one attached hydrogen (secondary N) is 1. The Balaban J connectivity index is 1.95. The summed E-state index contributed by atoms with van der Waals surface area (Å²) in [7, 11) is 0. The van der Waals surface area contributed by atoms with Crippen LogP contribution in [0.1, 0.15) is 31.4 Å². The van der Waals surface area contributed by atoms with E-state index in [1.807, 2.05) is 37.3 Å². The van der Waals surface area contributed by atoms with E-state index in [1.165, 1.54) is 0 Å². The van der Waals surface area contributed by atoms with Crippen LogP contribution in [0.15, 0.2) is 30.3 Å². The number of carboxylic acids is 1. The first-order chi connectivity index (χ1) is 9.61. The van der Waals surface area contributed by atoms with E-state index in [0.29, 0.717) is 19.5 Å². The van der Waals surface area contributed by atoms with Crippen LogP contribution in [0.25, 0.3) is 0 Å². The van der Waals surface area contributed by atoms with Crippen LogP contribution in [0, 0.1) is 5.92 Å². The van der Waals surface area contributed by atoms with Gasteiger partial charge < -0.3 is 15.3 Å². The number of carboxylic acid groups (broad SMARTS) is 1. The number of aliphatic carboxylic acids is 1. The van der Waals surface area contributed by atoms with Crippen LogP contribution in [-0.2, 0) is 4.79 Å². The van der Waals surface area contributed by atoms with Crippen molar-refractivity contribution in [2.45, 2.75) is 25.8 Å². The molecule has 108 valence electrons. The average Bonchev–Trinajstić information content (AvgIpc) is 2.95. The quantitative estimate of drug-likeness (QED) is 0.886. The molecule has 0 radical (unpaired) electrons. The fourth-order valence-corrected chi connectivity index (χ4v) is 2.49. The second-order valence-electron chi connectivity index (χ2n) is 5.09. The summed E-state index contributed by atoms with van der Waals surface area (Å²) in [6.07, 6.45) is 1.33. The van der Waals surface area contributed by atoms with E-state index in [4.69, 9.17) is 5.11 Å². The van der Waals surface area contributed by atoms with Crippen LogP contribution < -0.4 is 5.32 Å². The van der Waals surface area contributed by atoms with E-state index < -0.39 is 11.9 Å². The fraction of sp³-hybridized carbons (Fsp3) is 0.467. The minimum atomic E-state index is -0.824. The Labute approximate surface area is 118 Å². The molecule has 0 bridgehead atoms. The maximum atomic E-state index is 12.2. The van der Waals surface area contributed by atoms with Gasteiger partial charge in [0.2, 0.25) is 0 Å². The number of hydrogen-bond acceptors (Lipinski definition) is 2. The molecular formula is C15H20N2O3. The first-order valence-corrected chi connectivity index (χ1v) is 6.95. The molecule has 2 N–H and O–H groups in total. The SMILES string of the molecule is CCC(NC(=O)N1CCC(C(=O)O)C1)c1ccccc1. The van der Waals surface area contributed by atoms with Gasteiger partial charge in [-0.2, -0.15) is 0 Å². The molecule has 1 aliphatic heterocycles. The molecule has 1 fully saturated rings. The summed E-state index contributed by atoms with van der Waals surface area (Å²) in [5.74, 6) is -1.26. The number of likely N-dealkylation sites (tertiary alicyclic amines) is 1. The minimum absolute atomic E-state index is 0.0346. The van der Waals surface area contributed by atoms with Gasteiger partial charge in [0.05, 0.1) is 12.0 Å². The number of carbonyl (C=O) groups is 2. The summed E-state index contributed by atoms with van der Waals surface area (Å²) in [5, 5.41) is 11.9. The molecule has 5 nitrogen and oxygen atoms in total. The molecule has 5 heteroatoms. The highest BCUT2D eigenvalue weighted by Gasteiger charge is 2.31. The molecule has 20 heavy (non-hydrogen) atoms. The van der Waals surface area contributed by atoms with Crippen molar-refractivity contribution >= 4 is 12.0 Å². The molecule has 0 saturated carbocycles. The zero-order chi connectivity index (χ0) is 14.5. The zero-order valence-electron chi connectivity index (χ0n) is 11.6. The summed E-state index contributed by atoms with van der Waals surface area (Å²) in [6.45, 7) is 2.82. The van der Waals surface area contributed by atoms with Gasteiger partial charge in [0.15, 0.2) is 0 Å². The van der Waals surface area contributed by atoms with Crippen molar-refractivity contribution < 1.29 is 14.7 Å². The van der Waals surface area contributed by atoms with E-state index in [-0.39, 0.29) is 12.1 Å². The van der Waals surface area contributed by atoms with E-state index in [0.717, 1.165) is 12.0 Å². The lowest BCUT2D eigenvalue weighted by molar-refractivity contribution is -0.141. The molecule has 2 rings (SSSR count). The van der Waals surface area contributed by atoms with Crippen molar-refractivity contribution in [1.29, 1.82) is 0 Å². The average molecular weight is 276 g/mol. The maximum absolute atomic E-state index is 12.2. The second kappa shape index (κ2) is 6.41. The normalized spacial score (nSPS) is 19.6. The van der Waals surface area contributed by atoms with Crippen molar-refractivity contribution in [3.63, 3.8) is 0 Å². The molecule has 1 heterocycles. The molecule has 1 aliphatic rings. The lowest BCUT2D eigenvalue weighted by atomic mass is 10.1. The summed E-state index contributed by atoms with van der Waals surface area (Å²) in [6, 6.07) is 9.59. The van der Waals surface area contributed by atoms with Crippen molar-refractivity contribution in [3.05, 3.63) is 35.9 Å². The zero-order valence-corrected chi connectivity index (χ0v) is 11.6. The standard InChI is InChI=1S/C15H20N2O3/c1-2-13(11-6-4-3-5-7-11)16-15(20)17-9-8-12(10-17)14(18)19/h3-7,12-13H,2,8-10H2,1H3,(H,16,20)(H,18,19). The van der Waals surface area contributed by atoms with Gasteiger partial charge in [-0.3, -0.25) is 4.79 Å². The lowest BCUT2D eigenvalue weighted by Crippen LogP contribution is -2.40. The topological polar surface area (TPSA) is 69.6 Å². The van der Waals surface area contributed by atoms with Crippen molar-refractivity contribution in [3.8, 4) is 0 Å². The van der Waals surface area contributed by atoms with Crippen molar-refractivity contribution in [2.24, 2.45) is 5.92 Å². The highest BCUT2D eigenvalue weighted by Crippen LogP contribution is 2.19. The number of amides is 2. The Bertz CT molecular complexity index is 475. The largest absolute Gasteiger partial charge is 0.481 e. The number of rotatable bonds is 4. The van der Waals surface area contributed by atoms with E-state index >= 15 is 0 Å². The van der Waals surface area contributed by atoms with Crippen LogP contribution in [0.2, 0.25) is 0 Å². The summed E-state index contributed by atoms with van der Waals surface area (Å²) in [4.78, 5) is 24.7. The van der Waals surface area contributed by atoms with Gasteiger partial charge in [-0.15, -0.1) is 0 Å². The lowest BCUT2D eigenvalue weighted by Gasteiger charge is -2.22. The minimum Gasteiger partial charge on any atom is -0.481 e. The predicted molar refractivity (Wildman–Crippen MR) is 75.3 cm³/mol. The Hall–Kier alpha value is -2.04. The number of hydrogen-bond donors (Lipinski definition) is 2. The maximum Gasteiger partial charge on any atom is 0.317 e. The third-order valence-corrected chi connectivity index (χ3v) is 3.73. The summed E-state index contributed by atoms with van der Waals surface area (Å²) in [5.41, 5.74) is 1.07. The first kappa shape index (κ1) is 14.4. The molecule has 0 spiro atoms. The van der Waals surface area contributed by atoms with Crippen LogP contribution in [0.5, 0.6) is 0 Å². The van der Waals surface area contributed by atoms with Crippen LogP contribution >= 0.6 is 0 Å². The van der Waals surface area contributed by atoms with Crippen molar-refractivity contribution in [2.75, 3.05) is 13.1 Å². The fourth-order valence-electron chi connectivity index (χ4n) is 2.49. The van der Waals surface area contributed by atoms with E-state index in [1.54, 1.807) is 4.90 Å². The van der Waals surface area contributed by atoms with Gasteiger partial charge in [-0.1, -0.05) is 37.3 Å². The number of benzene rings is 1. The smallest absolute Gasteiger partial charge is 0.317 e. The molecule has 1 saturated heterocycles. The van der Waals surface area contributed by atoms with Crippen LogP contribution in [-0.4, -0.2) is 35.1 Å². The Kier molecular flexibility index (Phi) is 4.61. The van der Waals surface area contributed by atoms with Crippen molar-refractivity contribution in [1.82, 2.24) is 10.2 Å². The van der Waals surface area contributed by atoms with E-state index in [9.17, 15) is 9.59 Å².